The molecule has 1 amide bonds. The van der Waals surface area contributed by atoms with Gasteiger partial charge in [0.05, 0.1) is 5.02 Å². The van der Waals surface area contributed by atoms with E-state index in [4.69, 9.17) is 17.3 Å². The number of nitrogens with zero attached hydrogens (tertiary/aromatic N) is 1. The van der Waals surface area contributed by atoms with Crippen molar-refractivity contribution in [2.45, 2.75) is 32.2 Å². The molecule has 2 aromatic carbocycles. The Kier molecular flexibility index (Phi) is 9.66. The molecule has 6 heteroatoms. The minimum atomic E-state index is 0.203. The van der Waals surface area contributed by atoms with Gasteiger partial charge >= 0.3 is 0 Å². The molecular weight excluding hydrogens is 504 g/mol. The molecule has 4 N–H and O–H groups in total. The van der Waals surface area contributed by atoms with E-state index in [0.717, 1.165) is 63.3 Å². The van der Waals surface area contributed by atoms with E-state index in [1.54, 1.807) is 12.3 Å². The summed E-state index contributed by atoms with van der Waals surface area (Å²) >= 11 is 6.99. The summed E-state index contributed by atoms with van der Waals surface area (Å²) in [5.74, 6) is 0.453. The first kappa shape index (κ1) is 28.2. The van der Waals surface area contributed by atoms with Crippen LogP contribution in [0.1, 0.15) is 30.0 Å². The molecule has 4 rings (SSSR count). The zero-order chi connectivity index (χ0) is 27.8. The van der Waals surface area contributed by atoms with Gasteiger partial charge in [-0.2, -0.15) is 0 Å². The molecular formula is C33H35ClN4O. The number of hydrogen-bond donors (Lipinski definition) is 3. The number of amides is 1. The minimum Gasteiger partial charge on any atom is -0.327 e. The highest BCUT2D eigenvalue weighted by molar-refractivity contribution is 6.35. The van der Waals surface area contributed by atoms with Gasteiger partial charge in [-0.25, -0.2) is 4.99 Å². The van der Waals surface area contributed by atoms with Gasteiger partial charge < -0.3 is 16.4 Å². The molecule has 0 spiro atoms. The van der Waals surface area contributed by atoms with E-state index in [0.29, 0.717) is 18.8 Å². The summed E-state index contributed by atoms with van der Waals surface area (Å²) in [4.78, 5) is 15.4. The molecule has 0 bridgehead atoms. The van der Waals surface area contributed by atoms with Crippen LogP contribution < -0.4 is 16.4 Å². The number of nitrogens with two attached hydrogens (primary N) is 1. The van der Waals surface area contributed by atoms with Crippen LogP contribution >= 0.6 is 11.6 Å². The van der Waals surface area contributed by atoms with Crippen molar-refractivity contribution in [1.82, 2.24) is 10.6 Å². The molecule has 5 nitrogen and oxygen atoms in total. The van der Waals surface area contributed by atoms with Gasteiger partial charge in [-0.15, -0.1) is 0 Å². The number of halogens is 1. The van der Waals surface area contributed by atoms with E-state index in [2.05, 4.69) is 71.6 Å². The number of allylic oxidation sites excluding steroid dienone is 7. The Morgan fingerprint density at radius 3 is 2.79 bits per heavy atom. The quantitative estimate of drug-likeness (QED) is 0.267. The Hall–Kier alpha value is -3.77. The van der Waals surface area contributed by atoms with Gasteiger partial charge in [-0.1, -0.05) is 91.9 Å². The van der Waals surface area contributed by atoms with Crippen molar-refractivity contribution >= 4 is 29.4 Å². The van der Waals surface area contributed by atoms with E-state index in [-0.39, 0.29) is 6.04 Å². The van der Waals surface area contributed by atoms with Crippen molar-refractivity contribution in [3.8, 4) is 11.1 Å². The molecule has 2 aromatic rings. The van der Waals surface area contributed by atoms with Crippen LogP contribution in [0.5, 0.6) is 0 Å². The largest absolute Gasteiger partial charge is 0.327 e. The molecule has 1 aliphatic heterocycles. The van der Waals surface area contributed by atoms with Gasteiger partial charge in [0.25, 0.3) is 0 Å². The maximum Gasteiger partial charge on any atom is 0.212 e. The van der Waals surface area contributed by atoms with Crippen molar-refractivity contribution < 1.29 is 4.79 Å². The molecule has 0 saturated heterocycles. The van der Waals surface area contributed by atoms with Crippen molar-refractivity contribution in [3.05, 3.63) is 124 Å². The van der Waals surface area contributed by atoms with Crippen LogP contribution in [0.3, 0.4) is 0 Å². The molecule has 1 atom stereocenters. The Morgan fingerprint density at radius 1 is 1.21 bits per heavy atom. The highest BCUT2D eigenvalue weighted by Gasteiger charge is 2.19. The molecule has 1 unspecified atom stereocenters. The van der Waals surface area contributed by atoms with Gasteiger partial charge in [0.2, 0.25) is 6.41 Å². The Labute approximate surface area is 236 Å². The number of amidine groups is 1. The summed E-state index contributed by atoms with van der Waals surface area (Å²) in [6.07, 6.45) is 16.8. The summed E-state index contributed by atoms with van der Waals surface area (Å²) in [7, 11) is 1.88. The van der Waals surface area contributed by atoms with Crippen LogP contribution in [0, 0.1) is 0 Å². The van der Waals surface area contributed by atoms with E-state index in [9.17, 15) is 4.79 Å². The van der Waals surface area contributed by atoms with E-state index >= 15 is 0 Å². The lowest BCUT2D eigenvalue weighted by molar-refractivity contribution is -0.108. The highest BCUT2D eigenvalue weighted by Crippen LogP contribution is 2.37. The monoisotopic (exact) mass is 538 g/mol. The Bertz CT molecular complexity index is 1440. The van der Waals surface area contributed by atoms with Crippen molar-refractivity contribution in [2.24, 2.45) is 10.7 Å². The zero-order valence-electron chi connectivity index (χ0n) is 22.5. The second kappa shape index (κ2) is 13.3. The maximum absolute atomic E-state index is 11.0. The van der Waals surface area contributed by atoms with E-state index in [1.165, 1.54) is 11.1 Å². The van der Waals surface area contributed by atoms with Crippen molar-refractivity contribution in [1.29, 1.82) is 0 Å². The molecule has 1 aliphatic carbocycles. The molecule has 0 radical (unpaired) electrons. The molecule has 200 valence electrons. The number of carbonyl (C=O) groups is 1. The number of nitrogens with one attached hydrogen (secondary N) is 2. The van der Waals surface area contributed by atoms with E-state index < -0.39 is 0 Å². The van der Waals surface area contributed by atoms with Crippen LogP contribution in [0.4, 0.5) is 0 Å². The van der Waals surface area contributed by atoms with Gasteiger partial charge in [0, 0.05) is 24.4 Å². The first-order valence-corrected chi connectivity index (χ1v) is 13.6. The molecule has 1 heterocycles. The summed E-state index contributed by atoms with van der Waals surface area (Å²) in [6.45, 7) is 7.02. The lowest BCUT2D eigenvalue weighted by Crippen LogP contribution is -2.20. The zero-order valence-corrected chi connectivity index (χ0v) is 23.3. The van der Waals surface area contributed by atoms with E-state index in [1.807, 2.05) is 31.4 Å². The second-order valence-corrected chi connectivity index (χ2v) is 10.1. The second-order valence-electron chi connectivity index (χ2n) is 9.69. The third-order valence-electron chi connectivity index (χ3n) is 6.90. The van der Waals surface area contributed by atoms with Gasteiger partial charge in [-0.05, 0) is 76.9 Å². The predicted octanol–water partition coefficient (Wildman–Crippen LogP) is 6.08. The predicted molar refractivity (Wildman–Crippen MR) is 165 cm³/mol. The van der Waals surface area contributed by atoms with Gasteiger partial charge in [0.15, 0.2) is 0 Å². The number of aliphatic imine (C=N–C) groups is 1. The minimum absolute atomic E-state index is 0.203. The number of likely N-dealkylation sites (N-methyl/N-ethyl adjacent to an activating group) is 1. The van der Waals surface area contributed by atoms with Crippen molar-refractivity contribution in [2.75, 3.05) is 13.6 Å². The molecule has 2 aliphatic rings. The Balaban J connectivity index is 1.58. The van der Waals surface area contributed by atoms with Crippen LogP contribution in [0.25, 0.3) is 16.7 Å². The standard InChI is InChI=1S/C33H35ClN4O/c1-4-24(8-5-7-22(2)25-12-11-23(19-36-3)20-37-32(18-25)38-21-39)30-9-6-10-31(33(30)34)27-14-13-26-16-29(35)17-28(26)15-27/h5-15,18,20-21,29,36H,2,4,16-17,19,35H2,1,3H3,(H,37,38,39)/b7-5-,24-8+. The number of benzene rings is 2. The first-order valence-electron chi connectivity index (χ1n) is 13.2. The van der Waals surface area contributed by atoms with Crippen molar-refractivity contribution in [3.63, 3.8) is 0 Å². The summed E-state index contributed by atoms with van der Waals surface area (Å²) in [6, 6.07) is 13.0. The molecule has 39 heavy (non-hydrogen) atoms. The number of rotatable bonds is 9. The van der Waals surface area contributed by atoms with Crippen LogP contribution in [0.15, 0.2) is 107 Å². The fourth-order valence-electron chi connectivity index (χ4n) is 4.87. The molecule has 0 saturated carbocycles. The normalized spacial score (nSPS) is 18.5. The lowest BCUT2D eigenvalue weighted by atomic mass is 9.95. The highest BCUT2D eigenvalue weighted by atomic mass is 35.5. The summed E-state index contributed by atoms with van der Waals surface area (Å²) in [5.41, 5.74) is 15.7. The topological polar surface area (TPSA) is 79.5 Å². The number of hydrogen-bond acceptors (Lipinski definition) is 4. The average molecular weight is 539 g/mol. The maximum atomic E-state index is 11.0. The summed E-state index contributed by atoms with van der Waals surface area (Å²) < 4.78 is 0. The van der Waals surface area contributed by atoms with Crippen LogP contribution in [0.2, 0.25) is 5.02 Å². The lowest BCUT2D eigenvalue weighted by Gasteiger charge is -2.13. The van der Waals surface area contributed by atoms with Gasteiger partial charge in [0.1, 0.15) is 5.84 Å². The fraction of sp³-hybridized carbons (Fsp3) is 0.212. The molecule has 0 aromatic heterocycles. The third-order valence-corrected chi connectivity index (χ3v) is 7.31. The third kappa shape index (κ3) is 7.01. The SMILES string of the molecule is C=C(/C=C\C=C(/CC)c1cccc(-c2ccc3c(c2)CC(N)C3)c1Cl)C1=CC(NC=O)=N/C=C(/CNC)C=C1. The fourth-order valence-corrected chi connectivity index (χ4v) is 5.23. The number of carbonyl (C=O) groups excluding carboxylic acids is 1. The summed E-state index contributed by atoms with van der Waals surface area (Å²) in [5, 5.41) is 6.51. The van der Waals surface area contributed by atoms with Gasteiger partial charge in [-0.3, -0.25) is 4.79 Å². The average Bonchev–Trinajstić information content (AvgIpc) is 3.29. The first-order chi connectivity index (χ1) is 18.9. The Morgan fingerprint density at radius 2 is 2.03 bits per heavy atom. The molecule has 0 fully saturated rings. The number of fused-ring (bicyclic) bond motifs is 1. The van der Waals surface area contributed by atoms with Crippen LogP contribution in [-0.4, -0.2) is 31.9 Å². The van der Waals surface area contributed by atoms with Crippen LogP contribution in [-0.2, 0) is 17.6 Å². The smallest absolute Gasteiger partial charge is 0.212 e.